The third kappa shape index (κ3) is 12.3. The minimum Gasteiger partial charge on any atom is -0.390 e. The number of carbonyl (C=O) groups excluding carboxylic acids is 2. The summed E-state index contributed by atoms with van der Waals surface area (Å²) in [5.74, 6) is -3.91. The zero-order chi connectivity index (χ0) is 35.3. The number of sulfone groups is 1. The maximum absolute atomic E-state index is 14.1. The van der Waals surface area contributed by atoms with Gasteiger partial charge in [-0.15, -0.1) is 0 Å². The van der Waals surface area contributed by atoms with E-state index >= 15 is 0 Å². The summed E-state index contributed by atoms with van der Waals surface area (Å²) >= 11 is 6.06. The number of aliphatic hydroxyl groups excluding tert-OH is 1. The average molecular weight is 706 g/mol. The number of aliphatic hydroxyl groups is 1. The molecule has 0 saturated carbocycles. The molecule has 0 fully saturated rings. The Hall–Kier alpha value is -3.38. The highest BCUT2D eigenvalue weighted by molar-refractivity contribution is 7.92. The molecule has 0 aliphatic rings. The van der Waals surface area contributed by atoms with Crippen LogP contribution in [0.15, 0.2) is 66.7 Å². The van der Waals surface area contributed by atoms with E-state index in [1.807, 2.05) is 45.0 Å². The number of halogens is 3. The predicted octanol–water partition coefficient (Wildman–Crippen LogP) is 5.54. The maximum atomic E-state index is 14.1. The molecule has 12 heteroatoms. The van der Waals surface area contributed by atoms with Crippen LogP contribution in [0.25, 0.3) is 0 Å². The van der Waals surface area contributed by atoms with Crippen LogP contribution in [0.2, 0.25) is 5.02 Å². The monoisotopic (exact) mass is 705 g/mol. The molecule has 0 aliphatic heterocycles. The van der Waals surface area contributed by atoms with Gasteiger partial charge in [0.05, 0.1) is 23.1 Å². The molecule has 1 unspecified atom stereocenters. The Bertz CT molecular complexity index is 1600. The lowest BCUT2D eigenvalue weighted by Gasteiger charge is -2.28. The fourth-order valence-corrected chi connectivity index (χ4v) is 7.94. The minimum absolute atomic E-state index is 0.00793. The van der Waals surface area contributed by atoms with Crippen molar-refractivity contribution < 1.29 is 31.9 Å². The van der Waals surface area contributed by atoms with Gasteiger partial charge in [0.1, 0.15) is 17.7 Å². The van der Waals surface area contributed by atoms with E-state index in [2.05, 4.69) is 16.0 Å². The quantitative estimate of drug-likeness (QED) is 0.130. The summed E-state index contributed by atoms with van der Waals surface area (Å²) in [6.45, 7) is 6.19. The lowest BCUT2D eigenvalue weighted by molar-refractivity contribution is -0.124. The van der Waals surface area contributed by atoms with Crippen molar-refractivity contribution in [3.05, 3.63) is 106 Å². The Balaban J connectivity index is 1.89. The molecule has 48 heavy (non-hydrogen) atoms. The van der Waals surface area contributed by atoms with E-state index in [1.54, 1.807) is 12.1 Å². The lowest BCUT2D eigenvalue weighted by Crippen LogP contribution is -2.57. The molecule has 4 N–H and O–H groups in total. The van der Waals surface area contributed by atoms with Crippen LogP contribution in [0.1, 0.15) is 73.5 Å². The van der Waals surface area contributed by atoms with Crippen molar-refractivity contribution in [1.82, 2.24) is 16.0 Å². The number of aryl methyl sites for hydroxylation is 1. The van der Waals surface area contributed by atoms with Gasteiger partial charge in [0.15, 0.2) is 9.84 Å². The lowest BCUT2D eigenvalue weighted by atomic mass is 10.00. The van der Waals surface area contributed by atoms with Gasteiger partial charge in [-0.1, -0.05) is 75.5 Å². The van der Waals surface area contributed by atoms with Crippen LogP contribution in [-0.4, -0.2) is 61.1 Å². The van der Waals surface area contributed by atoms with Gasteiger partial charge in [-0.2, -0.15) is 0 Å². The van der Waals surface area contributed by atoms with E-state index in [4.69, 9.17) is 11.6 Å². The van der Waals surface area contributed by atoms with Crippen molar-refractivity contribution in [2.75, 3.05) is 12.3 Å². The van der Waals surface area contributed by atoms with Gasteiger partial charge in [0, 0.05) is 29.7 Å². The molecular weight excluding hydrogens is 660 g/mol. The first-order valence-electron chi connectivity index (χ1n) is 16.3. The molecule has 0 aromatic heterocycles. The van der Waals surface area contributed by atoms with Crippen molar-refractivity contribution in [3.63, 3.8) is 0 Å². The molecule has 3 atom stereocenters. The molecule has 3 rings (SSSR count). The van der Waals surface area contributed by atoms with Crippen molar-refractivity contribution in [2.24, 2.45) is 0 Å². The maximum Gasteiger partial charge on any atom is 0.252 e. The summed E-state index contributed by atoms with van der Waals surface area (Å²) < 4.78 is 55.5. The van der Waals surface area contributed by atoms with E-state index in [0.29, 0.717) is 32.2 Å². The van der Waals surface area contributed by atoms with Crippen LogP contribution in [0, 0.1) is 11.6 Å². The number of benzene rings is 3. The summed E-state index contributed by atoms with van der Waals surface area (Å²) in [4.78, 5) is 27.1. The van der Waals surface area contributed by atoms with Crippen molar-refractivity contribution >= 4 is 33.3 Å². The van der Waals surface area contributed by atoms with Crippen molar-refractivity contribution in [1.29, 1.82) is 0 Å². The minimum atomic E-state index is -3.88. The van der Waals surface area contributed by atoms with E-state index < -0.39 is 62.5 Å². The van der Waals surface area contributed by atoms with Gasteiger partial charge >= 0.3 is 0 Å². The summed E-state index contributed by atoms with van der Waals surface area (Å²) in [6.07, 6.45) is 1.44. The summed E-state index contributed by atoms with van der Waals surface area (Å²) in [6, 6.07) is 14.2. The zero-order valence-corrected chi connectivity index (χ0v) is 29.2. The van der Waals surface area contributed by atoms with Gasteiger partial charge in [0.25, 0.3) is 5.91 Å². The second-order valence-corrected chi connectivity index (χ2v) is 14.8. The first kappa shape index (κ1) is 39.1. The molecule has 0 spiro atoms. The van der Waals surface area contributed by atoms with Crippen LogP contribution in [0.3, 0.4) is 0 Å². The number of hydrogen-bond acceptors (Lipinski definition) is 6. The number of nitrogens with one attached hydrogen (secondary N) is 3. The standard InChI is InChI=1S/C36H46ClF2N3O5S/c1-4-9-31(10-5-2)48(46,47)23-33(42-35(44)27-13-8-14-28(37)19-27)36(45)41-32(18-26-16-29(38)20-30(39)17-26)34(43)22-40-21-25-12-7-11-24(6-3)15-25/h7-8,11-17,19-20,31-34,40,43H,4-6,9-10,18,21-23H2,1-3H3,(H,41,45)(H,42,44)/t32-,33?,34+/m0/s1. The van der Waals surface area contributed by atoms with Crippen LogP contribution < -0.4 is 16.0 Å². The normalized spacial score (nSPS) is 13.6. The first-order valence-corrected chi connectivity index (χ1v) is 18.4. The second-order valence-electron chi connectivity index (χ2n) is 12.0. The van der Waals surface area contributed by atoms with Crippen molar-refractivity contribution in [3.8, 4) is 0 Å². The van der Waals surface area contributed by atoms with Crippen LogP contribution in [0.5, 0.6) is 0 Å². The third-order valence-electron chi connectivity index (χ3n) is 8.09. The smallest absolute Gasteiger partial charge is 0.252 e. The van der Waals surface area contributed by atoms with Crippen LogP contribution >= 0.6 is 11.6 Å². The Kier molecular flexibility index (Phi) is 15.4. The number of rotatable bonds is 19. The Morgan fingerprint density at radius 3 is 2.12 bits per heavy atom. The van der Waals surface area contributed by atoms with Gasteiger partial charge in [0.2, 0.25) is 5.91 Å². The van der Waals surface area contributed by atoms with Gasteiger partial charge in [-0.3, -0.25) is 9.59 Å². The largest absolute Gasteiger partial charge is 0.390 e. The fourth-order valence-electron chi connectivity index (χ4n) is 5.59. The number of carbonyl (C=O) groups is 2. The van der Waals surface area contributed by atoms with Gasteiger partial charge < -0.3 is 21.1 Å². The first-order chi connectivity index (χ1) is 22.8. The average Bonchev–Trinajstić information content (AvgIpc) is 3.03. The summed E-state index contributed by atoms with van der Waals surface area (Å²) in [5, 5.41) is 19.2. The van der Waals surface area contributed by atoms with Crippen LogP contribution in [0.4, 0.5) is 8.78 Å². The Morgan fingerprint density at radius 2 is 1.50 bits per heavy atom. The molecule has 2 amide bonds. The van der Waals surface area contributed by atoms with Crippen molar-refractivity contribution in [2.45, 2.75) is 89.3 Å². The highest BCUT2D eigenvalue weighted by atomic mass is 35.5. The summed E-state index contributed by atoms with van der Waals surface area (Å²) in [5.41, 5.74) is 2.43. The topological polar surface area (TPSA) is 125 Å². The number of amides is 2. The highest BCUT2D eigenvalue weighted by Crippen LogP contribution is 2.18. The molecule has 3 aromatic rings. The van der Waals surface area contributed by atoms with E-state index in [1.165, 1.54) is 12.1 Å². The molecule has 3 aromatic carbocycles. The Morgan fingerprint density at radius 1 is 0.854 bits per heavy atom. The molecular formula is C36H46ClF2N3O5S. The number of hydrogen-bond donors (Lipinski definition) is 4. The molecule has 0 saturated heterocycles. The third-order valence-corrected chi connectivity index (χ3v) is 10.6. The fraction of sp³-hybridized carbons (Fsp3) is 0.444. The molecule has 0 radical (unpaired) electrons. The van der Waals surface area contributed by atoms with E-state index in [9.17, 15) is 31.9 Å². The zero-order valence-electron chi connectivity index (χ0n) is 27.6. The highest BCUT2D eigenvalue weighted by Gasteiger charge is 2.34. The molecule has 0 aliphatic carbocycles. The van der Waals surface area contributed by atoms with E-state index in [-0.39, 0.29) is 29.1 Å². The van der Waals surface area contributed by atoms with Crippen LogP contribution in [-0.2, 0) is 34.0 Å². The molecule has 262 valence electrons. The SMILES string of the molecule is CCCC(CCC)S(=O)(=O)CC(NC(=O)c1cccc(Cl)c1)C(=O)N[C@@H](Cc1cc(F)cc(F)c1)[C@H](O)CNCc1cccc(CC)c1. The molecule has 8 nitrogen and oxygen atoms in total. The molecule has 0 heterocycles. The van der Waals surface area contributed by atoms with Gasteiger partial charge in [-0.05, 0) is 72.7 Å². The summed E-state index contributed by atoms with van der Waals surface area (Å²) in [7, 11) is -3.88. The van der Waals surface area contributed by atoms with Gasteiger partial charge in [-0.25, -0.2) is 17.2 Å². The molecule has 0 bridgehead atoms. The van der Waals surface area contributed by atoms with E-state index in [0.717, 1.165) is 35.7 Å². The predicted molar refractivity (Wildman–Crippen MR) is 186 cm³/mol. The Labute approximate surface area is 287 Å². The second kappa shape index (κ2) is 19.0.